The first-order chi connectivity index (χ1) is 5.72. The van der Waals surface area contributed by atoms with Crippen LogP contribution >= 0.6 is 0 Å². The third-order valence-electron chi connectivity index (χ3n) is 3.11. The van der Waals surface area contributed by atoms with Gasteiger partial charge in [-0.05, 0) is 19.8 Å². The summed E-state index contributed by atoms with van der Waals surface area (Å²) in [6.45, 7) is 9.68. The molecular formula is C10H21NO. The standard InChI is InChI=1S/C10H21NO/c1-4-10(5-2)7-11-6-9(3)12-8-10/h9,11H,4-8H2,1-3H3. The zero-order chi connectivity index (χ0) is 9.03. The third kappa shape index (κ3) is 2.20. The Labute approximate surface area is 75.7 Å². The lowest BCUT2D eigenvalue weighted by Crippen LogP contribution is -2.34. The smallest absolute Gasteiger partial charge is 0.0671 e. The fraction of sp³-hybridized carbons (Fsp3) is 1.00. The van der Waals surface area contributed by atoms with Crippen LogP contribution in [0.2, 0.25) is 0 Å². The molecule has 0 aromatic rings. The summed E-state index contributed by atoms with van der Waals surface area (Å²) in [6.07, 6.45) is 2.80. The number of hydrogen-bond acceptors (Lipinski definition) is 2. The summed E-state index contributed by atoms with van der Waals surface area (Å²) in [5.74, 6) is 0. The largest absolute Gasteiger partial charge is 0.377 e. The molecule has 1 fully saturated rings. The van der Waals surface area contributed by atoms with E-state index in [0.717, 1.165) is 19.7 Å². The topological polar surface area (TPSA) is 21.3 Å². The van der Waals surface area contributed by atoms with Crippen molar-refractivity contribution in [3.8, 4) is 0 Å². The molecule has 72 valence electrons. The summed E-state index contributed by atoms with van der Waals surface area (Å²) in [6, 6.07) is 0. The number of ether oxygens (including phenoxy) is 1. The summed E-state index contributed by atoms with van der Waals surface area (Å²) >= 11 is 0. The molecule has 1 aliphatic heterocycles. The van der Waals surface area contributed by atoms with E-state index < -0.39 is 0 Å². The number of nitrogens with one attached hydrogen (secondary N) is 1. The summed E-state index contributed by atoms with van der Waals surface area (Å²) in [5.41, 5.74) is 0.394. The van der Waals surface area contributed by atoms with Gasteiger partial charge in [0.25, 0.3) is 0 Å². The molecule has 1 atom stereocenters. The molecule has 0 saturated carbocycles. The van der Waals surface area contributed by atoms with E-state index in [0.29, 0.717) is 11.5 Å². The van der Waals surface area contributed by atoms with E-state index in [-0.39, 0.29) is 0 Å². The molecule has 0 bridgehead atoms. The second kappa shape index (κ2) is 4.24. The first-order valence-corrected chi connectivity index (χ1v) is 5.05. The van der Waals surface area contributed by atoms with Gasteiger partial charge >= 0.3 is 0 Å². The SMILES string of the molecule is CCC1(CC)CNCC(C)OC1. The molecule has 1 saturated heterocycles. The Hall–Kier alpha value is -0.0800. The lowest BCUT2D eigenvalue weighted by molar-refractivity contribution is 0.0201. The molecule has 1 rings (SSSR count). The van der Waals surface area contributed by atoms with Crippen LogP contribution in [0.3, 0.4) is 0 Å². The van der Waals surface area contributed by atoms with Crippen molar-refractivity contribution in [2.45, 2.75) is 39.7 Å². The second-order valence-corrected chi connectivity index (χ2v) is 3.96. The van der Waals surface area contributed by atoms with Crippen LogP contribution in [0.15, 0.2) is 0 Å². The Morgan fingerprint density at radius 3 is 2.67 bits per heavy atom. The summed E-state index contributed by atoms with van der Waals surface area (Å²) in [4.78, 5) is 0. The minimum absolute atomic E-state index is 0.380. The predicted octanol–water partition coefficient (Wildman–Crippen LogP) is 1.80. The molecule has 12 heavy (non-hydrogen) atoms. The van der Waals surface area contributed by atoms with E-state index in [4.69, 9.17) is 4.74 Å². The molecule has 2 nitrogen and oxygen atoms in total. The Balaban J connectivity index is 2.52. The van der Waals surface area contributed by atoms with Gasteiger partial charge in [0.05, 0.1) is 12.7 Å². The van der Waals surface area contributed by atoms with E-state index >= 15 is 0 Å². The molecule has 0 aromatic heterocycles. The number of rotatable bonds is 2. The van der Waals surface area contributed by atoms with Crippen molar-refractivity contribution in [3.05, 3.63) is 0 Å². The molecule has 1 heterocycles. The highest BCUT2D eigenvalue weighted by molar-refractivity contribution is 4.82. The molecule has 0 aliphatic carbocycles. The lowest BCUT2D eigenvalue weighted by atomic mass is 9.83. The van der Waals surface area contributed by atoms with Crippen molar-refractivity contribution in [1.82, 2.24) is 5.32 Å². The molecule has 1 unspecified atom stereocenters. The highest BCUT2D eigenvalue weighted by Gasteiger charge is 2.29. The summed E-state index contributed by atoms with van der Waals surface area (Å²) in [7, 11) is 0. The Morgan fingerprint density at radius 1 is 1.42 bits per heavy atom. The van der Waals surface area contributed by atoms with Crippen LogP contribution in [-0.2, 0) is 4.74 Å². The molecular weight excluding hydrogens is 150 g/mol. The number of hydrogen-bond donors (Lipinski definition) is 1. The molecule has 0 aromatic carbocycles. The average Bonchev–Trinajstić information content (AvgIpc) is 2.28. The van der Waals surface area contributed by atoms with Gasteiger partial charge in [0, 0.05) is 18.5 Å². The van der Waals surface area contributed by atoms with Crippen LogP contribution in [0.4, 0.5) is 0 Å². The first-order valence-electron chi connectivity index (χ1n) is 5.05. The zero-order valence-electron chi connectivity index (χ0n) is 8.52. The van der Waals surface area contributed by atoms with E-state index in [2.05, 4.69) is 26.1 Å². The maximum absolute atomic E-state index is 5.74. The van der Waals surface area contributed by atoms with Crippen LogP contribution < -0.4 is 5.32 Å². The Morgan fingerprint density at radius 2 is 2.08 bits per heavy atom. The van der Waals surface area contributed by atoms with Gasteiger partial charge in [0.2, 0.25) is 0 Å². The molecule has 0 amide bonds. The quantitative estimate of drug-likeness (QED) is 0.684. The van der Waals surface area contributed by atoms with Crippen molar-refractivity contribution >= 4 is 0 Å². The predicted molar refractivity (Wildman–Crippen MR) is 51.3 cm³/mol. The third-order valence-corrected chi connectivity index (χ3v) is 3.11. The van der Waals surface area contributed by atoms with Gasteiger partial charge in [0.1, 0.15) is 0 Å². The molecule has 1 N–H and O–H groups in total. The van der Waals surface area contributed by atoms with Crippen molar-refractivity contribution in [1.29, 1.82) is 0 Å². The summed E-state index contributed by atoms with van der Waals surface area (Å²) < 4.78 is 5.74. The van der Waals surface area contributed by atoms with E-state index in [1.54, 1.807) is 0 Å². The highest BCUT2D eigenvalue weighted by Crippen LogP contribution is 2.27. The van der Waals surface area contributed by atoms with Gasteiger partial charge in [-0.15, -0.1) is 0 Å². The minimum Gasteiger partial charge on any atom is -0.377 e. The highest BCUT2D eigenvalue weighted by atomic mass is 16.5. The maximum atomic E-state index is 5.74. The Bertz CT molecular complexity index is 132. The molecule has 1 aliphatic rings. The minimum atomic E-state index is 0.380. The fourth-order valence-electron chi connectivity index (χ4n) is 1.67. The van der Waals surface area contributed by atoms with E-state index in [1.807, 2.05) is 0 Å². The first kappa shape index (κ1) is 10.0. The van der Waals surface area contributed by atoms with Crippen LogP contribution in [0.25, 0.3) is 0 Å². The molecule has 2 heteroatoms. The molecule has 0 spiro atoms. The van der Waals surface area contributed by atoms with Crippen LogP contribution in [0, 0.1) is 5.41 Å². The molecule has 0 radical (unpaired) electrons. The lowest BCUT2D eigenvalue weighted by Gasteiger charge is -2.29. The fourth-order valence-corrected chi connectivity index (χ4v) is 1.67. The second-order valence-electron chi connectivity index (χ2n) is 3.96. The van der Waals surface area contributed by atoms with Crippen molar-refractivity contribution in [2.75, 3.05) is 19.7 Å². The van der Waals surface area contributed by atoms with Crippen LogP contribution in [0.1, 0.15) is 33.6 Å². The van der Waals surface area contributed by atoms with Gasteiger partial charge < -0.3 is 10.1 Å². The van der Waals surface area contributed by atoms with Gasteiger partial charge in [-0.1, -0.05) is 13.8 Å². The van der Waals surface area contributed by atoms with Gasteiger partial charge in [-0.25, -0.2) is 0 Å². The van der Waals surface area contributed by atoms with Gasteiger partial charge in [-0.2, -0.15) is 0 Å². The van der Waals surface area contributed by atoms with Gasteiger partial charge in [0.15, 0.2) is 0 Å². The van der Waals surface area contributed by atoms with Crippen LogP contribution in [-0.4, -0.2) is 25.8 Å². The Kier molecular flexibility index (Phi) is 3.53. The van der Waals surface area contributed by atoms with E-state index in [1.165, 1.54) is 12.8 Å². The van der Waals surface area contributed by atoms with E-state index in [9.17, 15) is 0 Å². The normalized spacial score (nSPS) is 29.8. The monoisotopic (exact) mass is 171 g/mol. The van der Waals surface area contributed by atoms with Crippen molar-refractivity contribution in [3.63, 3.8) is 0 Å². The van der Waals surface area contributed by atoms with Crippen molar-refractivity contribution in [2.24, 2.45) is 5.41 Å². The zero-order valence-corrected chi connectivity index (χ0v) is 8.52. The van der Waals surface area contributed by atoms with Gasteiger partial charge in [-0.3, -0.25) is 0 Å². The average molecular weight is 171 g/mol. The van der Waals surface area contributed by atoms with Crippen molar-refractivity contribution < 1.29 is 4.74 Å². The van der Waals surface area contributed by atoms with Crippen LogP contribution in [0.5, 0.6) is 0 Å². The maximum Gasteiger partial charge on any atom is 0.0671 e. The summed E-state index contributed by atoms with van der Waals surface area (Å²) in [5, 5.41) is 3.46.